The maximum atomic E-state index is 12.2. The van der Waals surface area contributed by atoms with Crippen molar-refractivity contribution in [3.8, 4) is 5.75 Å². The number of ether oxygens (including phenoxy) is 1. The van der Waals surface area contributed by atoms with E-state index in [0.29, 0.717) is 22.9 Å². The minimum atomic E-state index is -3.60. The summed E-state index contributed by atoms with van der Waals surface area (Å²) in [6.45, 7) is 3.84. The van der Waals surface area contributed by atoms with E-state index in [9.17, 15) is 13.2 Å². The number of anilines is 1. The van der Waals surface area contributed by atoms with Gasteiger partial charge in [0.15, 0.2) is 0 Å². The Morgan fingerprint density at radius 2 is 1.65 bits per heavy atom. The van der Waals surface area contributed by atoms with Gasteiger partial charge in [-0.3, -0.25) is 4.79 Å². The van der Waals surface area contributed by atoms with Gasteiger partial charge in [0.25, 0.3) is 0 Å². The predicted molar refractivity (Wildman–Crippen MR) is 103 cm³/mol. The second-order valence-electron chi connectivity index (χ2n) is 6.25. The van der Waals surface area contributed by atoms with Gasteiger partial charge in [0.2, 0.25) is 15.9 Å². The molecule has 2 N–H and O–H groups in total. The first-order valence-corrected chi connectivity index (χ1v) is 9.94. The molecule has 0 saturated heterocycles. The van der Waals surface area contributed by atoms with Crippen LogP contribution in [0.1, 0.15) is 30.9 Å². The maximum absolute atomic E-state index is 12.2. The molecule has 0 aliphatic rings. The van der Waals surface area contributed by atoms with Crippen LogP contribution in [0.5, 0.6) is 5.75 Å². The Morgan fingerprint density at radius 3 is 2.19 bits per heavy atom. The van der Waals surface area contributed by atoms with Crippen molar-refractivity contribution in [2.75, 3.05) is 19.0 Å². The third-order valence-electron chi connectivity index (χ3n) is 3.83. The summed E-state index contributed by atoms with van der Waals surface area (Å²) in [5, 5.41) is 2.63. The van der Waals surface area contributed by atoms with E-state index in [-0.39, 0.29) is 12.3 Å². The molecular formula is C19H24N2O4S. The lowest BCUT2D eigenvalue weighted by molar-refractivity contribution is -0.115. The van der Waals surface area contributed by atoms with Crippen LogP contribution in [0.25, 0.3) is 0 Å². The van der Waals surface area contributed by atoms with Crippen molar-refractivity contribution < 1.29 is 17.9 Å². The zero-order valence-electron chi connectivity index (χ0n) is 15.2. The molecule has 7 heteroatoms. The van der Waals surface area contributed by atoms with Gasteiger partial charge < -0.3 is 10.1 Å². The average molecular weight is 376 g/mol. The minimum Gasteiger partial charge on any atom is -0.497 e. The van der Waals surface area contributed by atoms with Gasteiger partial charge in [-0.05, 0) is 41.3 Å². The number of hydrogen-bond acceptors (Lipinski definition) is 4. The lowest BCUT2D eigenvalue weighted by atomic mass is 10.0. The SMILES string of the molecule is COc1ccc(NC(=O)CNS(=O)(=O)Cc2ccc(C(C)C)cc2)cc1. The quantitative estimate of drug-likeness (QED) is 0.742. The van der Waals surface area contributed by atoms with Gasteiger partial charge in [0.1, 0.15) is 5.75 Å². The lowest BCUT2D eigenvalue weighted by Gasteiger charge is -2.10. The van der Waals surface area contributed by atoms with Crippen molar-refractivity contribution in [2.45, 2.75) is 25.5 Å². The molecule has 0 fully saturated rings. The van der Waals surface area contributed by atoms with E-state index in [1.807, 2.05) is 12.1 Å². The number of benzene rings is 2. The van der Waals surface area contributed by atoms with Crippen LogP contribution in [0.2, 0.25) is 0 Å². The van der Waals surface area contributed by atoms with E-state index in [0.717, 1.165) is 5.56 Å². The summed E-state index contributed by atoms with van der Waals surface area (Å²) in [7, 11) is -2.04. The van der Waals surface area contributed by atoms with Gasteiger partial charge in [-0.2, -0.15) is 0 Å². The Morgan fingerprint density at radius 1 is 1.04 bits per heavy atom. The van der Waals surface area contributed by atoms with Crippen LogP contribution >= 0.6 is 0 Å². The van der Waals surface area contributed by atoms with Crippen LogP contribution in [-0.2, 0) is 20.6 Å². The number of carbonyl (C=O) groups excluding carboxylic acids is 1. The Balaban J connectivity index is 1.87. The van der Waals surface area contributed by atoms with Gasteiger partial charge in [-0.15, -0.1) is 0 Å². The number of rotatable bonds is 8. The molecule has 0 aliphatic heterocycles. The van der Waals surface area contributed by atoms with Crippen LogP contribution in [0, 0.1) is 0 Å². The Hall–Kier alpha value is -2.38. The molecule has 0 atom stereocenters. The molecule has 0 unspecified atom stereocenters. The summed E-state index contributed by atoms with van der Waals surface area (Å²) in [6.07, 6.45) is 0. The first-order chi connectivity index (χ1) is 12.3. The van der Waals surface area contributed by atoms with Crippen molar-refractivity contribution in [1.82, 2.24) is 4.72 Å². The minimum absolute atomic E-state index is 0.165. The average Bonchev–Trinajstić information content (AvgIpc) is 2.61. The highest BCUT2D eigenvalue weighted by atomic mass is 32.2. The van der Waals surface area contributed by atoms with Crippen LogP contribution in [0.4, 0.5) is 5.69 Å². The fourth-order valence-corrected chi connectivity index (χ4v) is 3.41. The predicted octanol–water partition coefficient (Wildman–Crippen LogP) is 2.88. The van der Waals surface area contributed by atoms with Crippen LogP contribution in [0.15, 0.2) is 48.5 Å². The molecule has 26 heavy (non-hydrogen) atoms. The number of hydrogen-bond donors (Lipinski definition) is 2. The monoisotopic (exact) mass is 376 g/mol. The van der Waals surface area contributed by atoms with E-state index < -0.39 is 15.9 Å². The number of sulfonamides is 1. The van der Waals surface area contributed by atoms with Gasteiger partial charge >= 0.3 is 0 Å². The first-order valence-electron chi connectivity index (χ1n) is 8.29. The molecule has 0 aromatic heterocycles. The van der Waals surface area contributed by atoms with Crippen molar-refractivity contribution in [3.05, 3.63) is 59.7 Å². The van der Waals surface area contributed by atoms with Gasteiger partial charge in [0, 0.05) is 5.69 Å². The summed E-state index contributed by atoms with van der Waals surface area (Å²) >= 11 is 0. The van der Waals surface area contributed by atoms with E-state index in [1.165, 1.54) is 0 Å². The van der Waals surface area contributed by atoms with Crippen LogP contribution in [-0.4, -0.2) is 28.0 Å². The van der Waals surface area contributed by atoms with E-state index in [1.54, 1.807) is 43.5 Å². The van der Waals surface area contributed by atoms with E-state index in [2.05, 4.69) is 23.9 Å². The molecule has 0 radical (unpaired) electrons. The van der Waals surface area contributed by atoms with Gasteiger partial charge in [-0.25, -0.2) is 13.1 Å². The standard InChI is InChI=1S/C19H24N2O4S/c1-14(2)16-6-4-15(5-7-16)13-26(23,24)20-12-19(22)21-17-8-10-18(25-3)11-9-17/h4-11,14,20H,12-13H2,1-3H3,(H,21,22). The third-order valence-corrected chi connectivity index (χ3v) is 5.13. The molecule has 0 aliphatic carbocycles. The second-order valence-corrected chi connectivity index (χ2v) is 8.06. The molecular weight excluding hydrogens is 352 g/mol. The number of nitrogens with one attached hydrogen (secondary N) is 2. The van der Waals surface area contributed by atoms with Gasteiger partial charge in [0.05, 0.1) is 19.4 Å². The summed E-state index contributed by atoms with van der Waals surface area (Å²) in [4.78, 5) is 11.9. The largest absolute Gasteiger partial charge is 0.497 e. The Bertz CT molecular complexity index is 829. The third kappa shape index (κ3) is 6.16. The summed E-state index contributed by atoms with van der Waals surface area (Å²) in [5.74, 6) is 0.461. The molecule has 6 nitrogen and oxygen atoms in total. The fourth-order valence-electron chi connectivity index (χ4n) is 2.32. The second kappa shape index (κ2) is 8.82. The van der Waals surface area contributed by atoms with Crippen molar-refractivity contribution in [3.63, 3.8) is 0 Å². The topological polar surface area (TPSA) is 84.5 Å². The lowest BCUT2D eigenvalue weighted by Crippen LogP contribution is -2.33. The molecule has 0 bridgehead atoms. The fraction of sp³-hybridized carbons (Fsp3) is 0.316. The summed E-state index contributed by atoms with van der Waals surface area (Å²) in [6, 6.07) is 14.2. The van der Waals surface area contributed by atoms with Crippen LogP contribution in [0.3, 0.4) is 0 Å². The van der Waals surface area contributed by atoms with Crippen molar-refractivity contribution in [2.24, 2.45) is 0 Å². The molecule has 2 aromatic rings. The zero-order valence-corrected chi connectivity index (χ0v) is 16.0. The smallest absolute Gasteiger partial charge is 0.239 e. The number of carbonyl (C=O) groups is 1. The Kier molecular flexibility index (Phi) is 6.76. The normalized spacial score (nSPS) is 11.4. The summed E-state index contributed by atoms with van der Waals surface area (Å²) in [5.41, 5.74) is 2.40. The van der Waals surface area contributed by atoms with Crippen molar-refractivity contribution >= 4 is 21.6 Å². The van der Waals surface area contributed by atoms with E-state index >= 15 is 0 Å². The highest BCUT2D eigenvalue weighted by molar-refractivity contribution is 7.88. The molecule has 0 saturated carbocycles. The Labute approximate surface area is 154 Å². The van der Waals surface area contributed by atoms with E-state index in [4.69, 9.17) is 4.74 Å². The highest BCUT2D eigenvalue weighted by Gasteiger charge is 2.14. The molecule has 2 rings (SSSR count). The highest BCUT2D eigenvalue weighted by Crippen LogP contribution is 2.16. The van der Waals surface area contributed by atoms with Crippen molar-refractivity contribution in [1.29, 1.82) is 0 Å². The van der Waals surface area contributed by atoms with Crippen LogP contribution < -0.4 is 14.8 Å². The molecule has 0 spiro atoms. The molecule has 140 valence electrons. The molecule has 0 heterocycles. The zero-order chi connectivity index (χ0) is 19.2. The molecule has 2 aromatic carbocycles. The number of methoxy groups -OCH3 is 1. The number of amides is 1. The molecule has 1 amide bonds. The maximum Gasteiger partial charge on any atom is 0.239 e. The summed E-state index contributed by atoms with van der Waals surface area (Å²) < 4.78 is 31.7. The van der Waals surface area contributed by atoms with Gasteiger partial charge in [-0.1, -0.05) is 38.1 Å². The first kappa shape index (κ1) is 19.9.